The summed E-state index contributed by atoms with van der Waals surface area (Å²) in [6, 6.07) is 38.6. The SMILES string of the molecule is CC1(C)c2ccccc2-c2ccc(-c3ccc4[nH]c5cc6ccc7ccc(Br)c8ccc(c5c4c3)c6c78)cc21. The van der Waals surface area contributed by atoms with Crippen LogP contribution in [-0.2, 0) is 5.41 Å². The van der Waals surface area contributed by atoms with Gasteiger partial charge in [0, 0.05) is 31.7 Å². The number of hydrogen-bond acceptors (Lipinski definition) is 0. The normalized spacial score (nSPS) is 14.2. The van der Waals surface area contributed by atoms with Crippen molar-refractivity contribution in [3.05, 3.63) is 119 Å². The second-order valence-corrected chi connectivity index (χ2v) is 12.4. The van der Waals surface area contributed by atoms with Crippen LogP contribution < -0.4 is 0 Å². The average Bonchev–Trinajstić information content (AvgIpc) is 3.44. The van der Waals surface area contributed by atoms with Gasteiger partial charge in [-0.2, -0.15) is 0 Å². The molecular formula is C37H24BrN. The van der Waals surface area contributed by atoms with E-state index in [0.29, 0.717) is 0 Å². The Hall–Kier alpha value is -4.14. The molecule has 0 unspecified atom stereocenters. The van der Waals surface area contributed by atoms with Crippen LogP contribution in [0.25, 0.3) is 76.4 Å². The van der Waals surface area contributed by atoms with Crippen molar-refractivity contribution < 1.29 is 0 Å². The summed E-state index contributed by atoms with van der Waals surface area (Å²) in [5, 5.41) is 10.4. The second kappa shape index (κ2) is 7.28. The van der Waals surface area contributed by atoms with E-state index in [-0.39, 0.29) is 5.41 Å². The summed E-state index contributed by atoms with van der Waals surface area (Å²) in [6.07, 6.45) is 0. The molecule has 0 radical (unpaired) electrons. The fourth-order valence-corrected chi connectivity index (χ4v) is 7.76. The van der Waals surface area contributed by atoms with Crippen LogP contribution in [0, 0.1) is 0 Å². The Balaban J connectivity index is 1.31. The maximum atomic E-state index is 3.79. The fraction of sp³-hybridized carbons (Fsp3) is 0.0811. The first-order valence-electron chi connectivity index (χ1n) is 13.6. The van der Waals surface area contributed by atoms with E-state index in [1.165, 1.54) is 87.5 Å². The van der Waals surface area contributed by atoms with Crippen LogP contribution in [-0.4, -0.2) is 4.98 Å². The summed E-state index contributed by atoms with van der Waals surface area (Å²) in [5.74, 6) is 0. The summed E-state index contributed by atoms with van der Waals surface area (Å²) in [7, 11) is 0. The maximum Gasteiger partial charge on any atom is 0.0477 e. The van der Waals surface area contributed by atoms with E-state index in [1.54, 1.807) is 0 Å². The zero-order valence-corrected chi connectivity index (χ0v) is 23.3. The van der Waals surface area contributed by atoms with Gasteiger partial charge in [0.15, 0.2) is 0 Å². The highest BCUT2D eigenvalue weighted by atomic mass is 79.9. The molecule has 1 aliphatic rings. The molecule has 0 spiro atoms. The Labute approximate surface area is 234 Å². The van der Waals surface area contributed by atoms with Crippen molar-refractivity contribution in [3.8, 4) is 22.3 Å². The van der Waals surface area contributed by atoms with Crippen molar-refractivity contribution in [1.82, 2.24) is 4.98 Å². The summed E-state index contributed by atoms with van der Waals surface area (Å²) in [5.41, 5.74) is 10.5. The molecule has 39 heavy (non-hydrogen) atoms. The van der Waals surface area contributed by atoms with Gasteiger partial charge in [-0.25, -0.2) is 0 Å². The van der Waals surface area contributed by atoms with Crippen LogP contribution >= 0.6 is 15.9 Å². The number of hydrogen-bond donors (Lipinski definition) is 1. The minimum atomic E-state index is -0.00621. The van der Waals surface area contributed by atoms with Gasteiger partial charge >= 0.3 is 0 Å². The molecule has 0 aliphatic heterocycles. The molecular weight excluding hydrogens is 538 g/mol. The Bertz CT molecular complexity index is 2320. The van der Waals surface area contributed by atoms with Crippen molar-refractivity contribution in [2.24, 2.45) is 0 Å². The summed E-state index contributed by atoms with van der Waals surface area (Å²) >= 11 is 3.79. The van der Waals surface area contributed by atoms with Gasteiger partial charge in [0.2, 0.25) is 0 Å². The molecule has 0 amide bonds. The van der Waals surface area contributed by atoms with E-state index >= 15 is 0 Å². The quantitative estimate of drug-likeness (QED) is 0.192. The first-order valence-corrected chi connectivity index (χ1v) is 14.3. The highest BCUT2D eigenvalue weighted by Crippen LogP contribution is 2.50. The molecule has 0 saturated carbocycles. The predicted octanol–water partition coefficient (Wildman–Crippen LogP) is 11.0. The molecule has 1 heterocycles. The lowest BCUT2D eigenvalue weighted by Crippen LogP contribution is -2.14. The molecule has 1 aliphatic carbocycles. The van der Waals surface area contributed by atoms with Gasteiger partial charge in [-0.1, -0.05) is 103 Å². The molecule has 1 N–H and O–H groups in total. The molecule has 1 aromatic heterocycles. The topological polar surface area (TPSA) is 15.8 Å². The number of rotatable bonds is 1. The highest BCUT2D eigenvalue weighted by Gasteiger charge is 2.35. The highest BCUT2D eigenvalue weighted by molar-refractivity contribution is 9.10. The fourth-order valence-electron chi connectivity index (χ4n) is 7.30. The molecule has 9 rings (SSSR count). The Morgan fingerprint density at radius 1 is 0.538 bits per heavy atom. The predicted molar refractivity (Wildman–Crippen MR) is 170 cm³/mol. The van der Waals surface area contributed by atoms with Crippen LogP contribution in [0.1, 0.15) is 25.0 Å². The summed E-state index contributed by atoms with van der Waals surface area (Å²) in [4.78, 5) is 3.73. The summed E-state index contributed by atoms with van der Waals surface area (Å²) < 4.78 is 1.15. The molecule has 0 atom stereocenters. The number of nitrogens with one attached hydrogen (secondary N) is 1. The molecule has 1 nitrogen and oxygen atoms in total. The minimum absolute atomic E-state index is 0.00621. The van der Waals surface area contributed by atoms with Crippen molar-refractivity contribution in [1.29, 1.82) is 0 Å². The van der Waals surface area contributed by atoms with Crippen molar-refractivity contribution in [2.45, 2.75) is 19.3 Å². The van der Waals surface area contributed by atoms with Gasteiger partial charge in [0.05, 0.1) is 0 Å². The molecule has 0 saturated heterocycles. The van der Waals surface area contributed by atoms with E-state index in [4.69, 9.17) is 0 Å². The number of aromatic nitrogens is 1. The van der Waals surface area contributed by atoms with Crippen LogP contribution in [0.3, 0.4) is 0 Å². The van der Waals surface area contributed by atoms with E-state index in [0.717, 1.165) is 4.47 Å². The molecule has 7 aromatic carbocycles. The average molecular weight is 563 g/mol. The minimum Gasteiger partial charge on any atom is -0.354 e. The van der Waals surface area contributed by atoms with Gasteiger partial charge in [0.25, 0.3) is 0 Å². The van der Waals surface area contributed by atoms with Crippen LogP contribution in [0.15, 0.2) is 108 Å². The summed E-state index contributed by atoms with van der Waals surface area (Å²) in [6.45, 7) is 4.70. The lowest BCUT2D eigenvalue weighted by molar-refractivity contribution is 0.660. The zero-order valence-electron chi connectivity index (χ0n) is 21.7. The maximum absolute atomic E-state index is 3.79. The van der Waals surface area contributed by atoms with E-state index in [2.05, 4.69) is 138 Å². The number of fused-ring (bicyclic) bond motifs is 7. The van der Waals surface area contributed by atoms with Gasteiger partial charge in [-0.15, -0.1) is 0 Å². The third-order valence-electron chi connectivity index (χ3n) is 9.21. The first-order chi connectivity index (χ1) is 19.0. The van der Waals surface area contributed by atoms with Crippen LogP contribution in [0.4, 0.5) is 0 Å². The third kappa shape index (κ3) is 2.75. The van der Waals surface area contributed by atoms with Gasteiger partial charge in [-0.05, 0) is 96.0 Å². The molecule has 8 aromatic rings. The van der Waals surface area contributed by atoms with E-state index < -0.39 is 0 Å². The molecule has 0 bridgehead atoms. The number of aromatic amines is 1. The van der Waals surface area contributed by atoms with Crippen molar-refractivity contribution in [3.63, 3.8) is 0 Å². The lowest BCUT2D eigenvalue weighted by atomic mass is 9.81. The number of halogens is 1. The smallest absolute Gasteiger partial charge is 0.0477 e. The lowest BCUT2D eigenvalue weighted by Gasteiger charge is -2.22. The van der Waals surface area contributed by atoms with Crippen LogP contribution in [0.2, 0.25) is 0 Å². The van der Waals surface area contributed by atoms with Crippen LogP contribution in [0.5, 0.6) is 0 Å². The largest absolute Gasteiger partial charge is 0.354 e. The standard InChI is InChI=1S/C37H24BrN/c1-37(2)29-6-4-3-5-24(29)25-12-9-22(18-30(25)37)21-11-16-32-28(17-21)36-27-14-13-26-31(38)15-10-20-7-8-23(19-33(36)39-32)35(27)34(20)26/h3-19,39H,1-2H3. The third-order valence-corrected chi connectivity index (χ3v) is 9.90. The van der Waals surface area contributed by atoms with E-state index in [1.807, 2.05) is 0 Å². The monoisotopic (exact) mass is 561 g/mol. The number of benzene rings is 7. The first kappa shape index (κ1) is 21.8. The number of H-pyrrole nitrogens is 1. The van der Waals surface area contributed by atoms with Crippen molar-refractivity contribution in [2.75, 3.05) is 0 Å². The van der Waals surface area contributed by atoms with E-state index in [9.17, 15) is 0 Å². The molecule has 0 fully saturated rings. The second-order valence-electron chi connectivity index (χ2n) is 11.6. The van der Waals surface area contributed by atoms with Gasteiger partial charge in [-0.3, -0.25) is 0 Å². The zero-order chi connectivity index (χ0) is 26.0. The molecule has 2 heteroatoms. The Morgan fingerprint density at radius 3 is 2.18 bits per heavy atom. The molecule has 184 valence electrons. The van der Waals surface area contributed by atoms with Crippen molar-refractivity contribution >= 4 is 70.1 Å². The van der Waals surface area contributed by atoms with Gasteiger partial charge < -0.3 is 4.98 Å². The van der Waals surface area contributed by atoms with Gasteiger partial charge in [0.1, 0.15) is 0 Å². The Kier molecular flexibility index (Phi) is 4.06. The Morgan fingerprint density at radius 2 is 1.26 bits per heavy atom.